The molecule has 0 aromatic heterocycles. The van der Waals surface area contributed by atoms with Gasteiger partial charge in [0.25, 0.3) is 0 Å². The molecule has 2 atom stereocenters. The summed E-state index contributed by atoms with van der Waals surface area (Å²) in [5, 5.41) is 23.2. The summed E-state index contributed by atoms with van der Waals surface area (Å²) in [6.07, 6.45) is 77.6. The molecule has 0 aliphatic rings. The molecular formula is C66H125NO5. The van der Waals surface area contributed by atoms with Crippen LogP contribution in [0.1, 0.15) is 348 Å². The fourth-order valence-corrected chi connectivity index (χ4v) is 9.92. The van der Waals surface area contributed by atoms with Crippen molar-refractivity contribution in [3.05, 3.63) is 36.5 Å². The summed E-state index contributed by atoms with van der Waals surface area (Å²) in [4.78, 5) is 24.6. The van der Waals surface area contributed by atoms with Gasteiger partial charge in [-0.2, -0.15) is 0 Å². The normalized spacial score (nSPS) is 12.8. The quantitative estimate of drug-likeness (QED) is 0.0320. The van der Waals surface area contributed by atoms with Crippen molar-refractivity contribution in [2.24, 2.45) is 0 Å². The first-order valence-corrected chi connectivity index (χ1v) is 32.3. The van der Waals surface area contributed by atoms with Gasteiger partial charge in [0.1, 0.15) is 0 Å². The second-order valence-electron chi connectivity index (χ2n) is 22.1. The van der Waals surface area contributed by atoms with Crippen LogP contribution in [0, 0.1) is 0 Å². The van der Waals surface area contributed by atoms with Gasteiger partial charge >= 0.3 is 5.97 Å². The lowest BCUT2D eigenvalue weighted by molar-refractivity contribution is -0.143. The summed E-state index contributed by atoms with van der Waals surface area (Å²) < 4.78 is 5.48. The lowest BCUT2D eigenvalue weighted by Gasteiger charge is -2.20. The Morgan fingerprint density at radius 1 is 0.375 bits per heavy atom. The Kier molecular flexibility index (Phi) is 60.0. The van der Waals surface area contributed by atoms with Crippen molar-refractivity contribution >= 4 is 11.9 Å². The molecule has 0 saturated carbocycles. The van der Waals surface area contributed by atoms with Gasteiger partial charge in [0.05, 0.1) is 25.4 Å². The number of unbranched alkanes of at least 4 members (excludes halogenated alkanes) is 45. The van der Waals surface area contributed by atoms with Gasteiger partial charge in [-0.25, -0.2) is 0 Å². The van der Waals surface area contributed by atoms with Crippen LogP contribution in [0.15, 0.2) is 36.5 Å². The number of ether oxygens (including phenoxy) is 1. The van der Waals surface area contributed by atoms with Crippen molar-refractivity contribution in [1.29, 1.82) is 0 Å². The van der Waals surface area contributed by atoms with E-state index < -0.39 is 12.1 Å². The van der Waals surface area contributed by atoms with E-state index in [1.54, 1.807) is 6.08 Å². The van der Waals surface area contributed by atoms with Crippen LogP contribution in [0.4, 0.5) is 0 Å². The number of rotatable bonds is 60. The maximum Gasteiger partial charge on any atom is 0.305 e. The minimum Gasteiger partial charge on any atom is -0.466 e. The van der Waals surface area contributed by atoms with E-state index in [1.807, 2.05) is 6.08 Å². The molecule has 0 aromatic rings. The fraction of sp³-hybridized carbons (Fsp3) is 0.879. The van der Waals surface area contributed by atoms with Crippen LogP contribution < -0.4 is 5.32 Å². The van der Waals surface area contributed by atoms with Crippen LogP contribution in [-0.2, 0) is 14.3 Å². The Morgan fingerprint density at radius 2 is 0.653 bits per heavy atom. The van der Waals surface area contributed by atoms with Gasteiger partial charge in [-0.15, -0.1) is 0 Å². The van der Waals surface area contributed by atoms with Crippen molar-refractivity contribution in [3.63, 3.8) is 0 Å². The van der Waals surface area contributed by atoms with Crippen LogP contribution in [0.2, 0.25) is 0 Å². The van der Waals surface area contributed by atoms with Crippen LogP contribution in [-0.4, -0.2) is 47.4 Å². The fourth-order valence-electron chi connectivity index (χ4n) is 9.92. The van der Waals surface area contributed by atoms with E-state index in [9.17, 15) is 19.8 Å². The standard InChI is InChI=1S/C66H125NO5/c1-3-5-7-9-11-13-15-17-19-21-22-23-24-25-27-30-34-38-42-46-50-54-58-64(69)63(62-68)67-65(70)59-55-51-47-43-39-35-31-28-26-29-33-37-41-45-49-53-57-61-72-66(71)60-56-52-48-44-40-36-32-20-18-16-14-12-10-8-6-4-2/h20,26,29,32,54,58,63-64,68-69H,3-19,21-25,27-28,30-31,33-53,55-57,59-62H2,1-2H3,(H,67,70)/b29-26-,32-20-,58-54+. The highest BCUT2D eigenvalue weighted by Gasteiger charge is 2.18. The summed E-state index contributed by atoms with van der Waals surface area (Å²) in [6.45, 7) is 4.90. The predicted octanol–water partition coefficient (Wildman–Crippen LogP) is 20.4. The van der Waals surface area contributed by atoms with E-state index >= 15 is 0 Å². The first kappa shape index (κ1) is 70.1. The summed E-state index contributed by atoms with van der Waals surface area (Å²) in [5.74, 6) is -0.0872. The van der Waals surface area contributed by atoms with Crippen LogP contribution >= 0.6 is 0 Å². The van der Waals surface area contributed by atoms with Gasteiger partial charge in [-0.05, 0) is 83.5 Å². The van der Waals surface area contributed by atoms with Gasteiger partial charge in [0.2, 0.25) is 5.91 Å². The monoisotopic (exact) mass is 1010 g/mol. The van der Waals surface area contributed by atoms with Gasteiger partial charge in [0.15, 0.2) is 0 Å². The lowest BCUT2D eigenvalue weighted by Crippen LogP contribution is -2.45. The number of aliphatic hydroxyl groups excluding tert-OH is 2. The van der Waals surface area contributed by atoms with Crippen molar-refractivity contribution in [2.75, 3.05) is 13.2 Å². The highest BCUT2D eigenvalue weighted by atomic mass is 16.5. The summed E-state index contributed by atoms with van der Waals surface area (Å²) in [5.41, 5.74) is 0. The molecular weight excluding hydrogens is 887 g/mol. The van der Waals surface area contributed by atoms with Gasteiger partial charge in [-0.1, -0.05) is 288 Å². The Hall–Kier alpha value is -1.92. The Balaban J connectivity index is 3.48. The summed E-state index contributed by atoms with van der Waals surface area (Å²) in [7, 11) is 0. The molecule has 1 amide bonds. The zero-order chi connectivity index (χ0) is 52.2. The van der Waals surface area contributed by atoms with E-state index in [4.69, 9.17) is 4.74 Å². The topological polar surface area (TPSA) is 95.9 Å². The number of hydrogen-bond acceptors (Lipinski definition) is 5. The van der Waals surface area contributed by atoms with E-state index in [-0.39, 0.29) is 18.5 Å². The zero-order valence-electron chi connectivity index (χ0n) is 48.4. The number of allylic oxidation sites excluding steroid dienone is 5. The lowest BCUT2D eigenvalue weighted by atomic mass is 10.0. The van der Waals surface area contributed by atoms with Crippen LogP contribution in [0.25, 0.3) is 0 Å². The van der Waals surface area contributed by atoms with E-state index in [0.29, 0.717) is 19.4 Å². The molecule has 3 N–H and O–H groups in total. The van der Waals surface area contributed by atoms with E-state index in [1.165, 1.54) is 263 Å². The average molecular weight is 1010 g/mol. The van der Waals surface area contributed by atoms with Crippen molar-refractivity contribution in [2.45, 2.75) is 360 Å². The molecule has 2 unspecified atom stereocenters. The second-order valence-corrected chi connectivity index (χ2v) is 22.1. The SMILES string of the molecule is CCCCCCCCC/C=C\CCCCCCCC(=O)OCCCCCCCC/C=C\CCCCCCCCCC(=O)NC(CO)C(O)/C=C/CCCCCCCCCCCCCCCCCCCCCC. The minimum atomic E-state index is -0.854. The molecule has 0 aliphatic heterocycles. The molecule has 0 aromatic carbocycles. The second kappa shape index (κ2) is 61.6. The highest BCUT2D eigenvalue weighted by molar-refractivity contribution is 5.76. The molecule has 0 rings (SSSR count). The molecule has 72 heavy (non-hydrogen) atoms. The maximum atomic E-state index is 12.5. The largest absolute Gasteiger partial charge is 0.466 e. The van der Waals surface area contributed by atoms with E-state index in [0.717, 1.165) is 57.8 Å². The Bertz CT molecular complexity index is 1170. The molecule has 0 bridgehead atoms. The number of aliphatic hydroxyl groups is 2. The molecule has 6 nitrogen and oxygen atoms in total. The van der Waals surface area contributed by atoms with E-state index in [2.05, 4.69) is 43.5 Å². The molecule has 0 spiro atoms. The number of hydrogen-bond donors (Lipinski definition) is 3. The van der Waals surface area contributed by atoms with Crippen molar-refractivity contribution < 1.29 is 24.5 Å². The van der Waals surface area contributed by atoms with Gasteiger partial charge < -0.3 is 20.3 Å². The Labute approximate surface area is 449 Å². The molecule has 424 valence electrons. The Morgan fingerprint density at radius 3 is 0.986 bits per heavy atom. The molecule has 0 heterocycles. The number of esters is 1. The first-order valence-electron chi connectivity index (χ1n) is 32.3. The third kappa shape index (κ3) is 57.4. The molecule has 0 saturated heterocycles. The summed E-state index contributed by atoms with van der Waals surface area (Å²) in [6, 6.07) is -0.639. The smallest absolute Gasteiger partial charge is 0.305 e. The predicted molar refractivity (Wildman–Crippen MR) is 315 cm³/mol. The maximum absolute atomic E-state index is 12.5. The minimum absolute atomic E-state index is 0.00971. The third-order valence-corrected chi connectivity index (χ3v) is 14.9. The molecule has 6 heteroatoms. The first-order chi connectivity index (χ1) is 35.5. The number of amides is 1. The number of nitrogens with one attached hydrogen (secondary N) is 1. The highest BCUT2D eigenvalue weighted by Crippen LogP contribution is 2.17. The zero-order valence-corrected chi connectivity index (χ0v) is 48.4. The number of carbonyl (C=O) groups excluding carboxylic acids is 2. The summed E-state index contributed by atoms with van der Waals surface area (Å²) >= 11 is 0. The van der Waals surface area contributed by atoms with Gasteiger partial charge in [0, 0.05) is 12.8 Å². The average Bonchev–Trinajstić information content (AvgIpc) is 3.38. The molecule has 0 radical (unpaired) electrons. The number of carbonyl (C=O) groups is 2. The van der Waals surface area contributed by atoms with Crippen molar-refractivity contribution in [3.8, 4) is 0 Å². The molecule has 0 fully saturated rings. The van der Waals surface area contributed by atoms with Crippen LogP contribution in [0.5, 0.6) is 0 Å². The van der Waals surface area contributed by atoms with Crippen LogP contribution in [0.3, 0.4) is 0 Å². The molecule has 0 aliphatic carbocycles. The van der Waals surface area contributed by atoms with Gasteiger partial charge in [-0.3, -0.25) is 9.59 Å². The van der Waals surface area contributed by atoms with Crippen molar-refractivity contribution in [1.82, 2.24) is 5.32 Å². The third-order valence-electron chi connectivity index (χ3n) is 14.9.